The van der Waals surface area contributed by atoms with Crippen LogP contribution < -0.4 is 10.6 Å². The van der Waals surface area contributed by atoms with Crippen LogP contribution in [0.5, 0.6) is 0 Å². The van der Waals surface area contributed by atoms with Crippen LogP contribution in [0, 0.1) is 0 Å². The molecule has 0 saturated carbocycles. The molecule has 0 saturated heterocycles. The van der Waals surface area contributed by atoms with E-state index >= 15 is 0 Å². The molecule has 1 amide bonds. The smallest absolute Gasteiger partial charge is 0.251 e. The van der Waals surface area contributed by atoms with Crippen LogP contribution in [0.4, 0.5) is 5.69 Å². The highest BCUT2D eigenvalue weighted by Crippen LogP contribution is 2.10. The van der Waals surface area contributed by atoms with E-state index in [1.807, 2.05) is 33.0 Å². The molecule has 1 aromatic rings. The fraction of sp³-hybridized carbons (Fsp3) is 0.462. The highest BCUT2D eigenvalue weighted by atomic mass is 16.5. The summed E-state index contributed by atoms with van der Waals surface area (Å²) in [5, 5.41) is 5.94. The molecule has 94 valence electrons. The Hall–Kier alpha value is -1.55. The number of anilines is 1. The summed E-state index contributed by atoms with van der Waals surface area (Å²) < 4.78 is 5.06. The molecule has 0 radical (unpaired) electrons. The minimum absolute atomic E-state index is 0.0882. The van der Waals surface area contributed by atoms with E-state index in [1.165, 1.54) is 0 Å². The first-order valence-corrected chi connectivity index (χ1v) is 5.58. The van der Waals surface area contributed by atoms with Gasteiger partial charge in [0.25, 0.3) is 5.91 Å². The van der Waals surface area contributed by atoms with Crippen LogP contribution >= 0.6 is 0 Å². The molecule has 0 spiro atoms. The number of rotatable bonds is 5. The van der Waals surface area contributed by atoms with E-state index < -0.39 is 0 Å². The third-order valence-corrected chi connectivity index (χ3v) is 2.39. The van der Waals surface area contributed by atoms with Crippen LogP contribution in [0.3, 0.4) is 0 Å². The zero-order valence-electron chi connectivity index (χ0n) is 10.8. The predicted molar refractivity (Wildman–Crippen MR) is 69.4 cm³/mol. The van der Waals surface area contributed by atoms with E-state index in [0.29, 0.717) is 12.2 Å². The summed E-state index contributed by atoms with van der Waals surface area (Å²) in [4.78, 5) is 11.9. The Balaban J connectivity index is 2.69. The van der Waals surface area contributed by atoms with Crippen molar-refractivity contribution >= 4 is 11.6 Å². The summed E-state index contributed by atoms with van der Waals surface area (Å²) in [7, 11) is 3.46. The van der Waals surface area contributed by atoms with Gasteiger partial charge in [0.1, 0.15) is 0 Å². The van der Waals surface area contributed by atoms with Crippen molar-refractivity contribution < 1.29 is 9.53 Å². The van der Waals surface area contributed by atoms with Gasteiger partial charge in [0.15, 0.2) is 0 Å². The number of hydrogen-bond acceptors (Lipinski definition) is 3. The van der Waals surface area contributed by atoms with Gasteiger partial charge in [0.2, 0.25) is 0 Å². The first-order valence-electron chi connectivity index (χ1n) is 5.58. The van der Waals surface area contributed by atoms with Crippen LogP contribution in [0.2, 0.25) is 0 Å². The third kappa shape index (κ3) is 4.07. The molecule has 0 aliphatic rings. The summed E-state index contributed by atoms with van der Waals surface area (Å²) in [5.74, 6) is -0.0882. The molecule has 2 N–H and O–H groups in total. The molecule has 0 aliphatic heterocycles. The molecule has 0 unspecified atom stereocenters. The molecule has 4 nitrogen and oxygen atoms in total. The van der Waals surface area contributed by atoms with E-state index in [4.69, 9.17) is 4.74 Å². The lowest BCUT2D eigenvalue weighted by molar-refractivity contribution is 0.0820. The maximum atomic E-state index is 11.9. The van der Waals surface area contributed by atoms with Gasteiger partial charge in [0.05, 0.1) is 12.1 Å². The average Bonchev–Trinajstić information content (AvgIpc) is 2.28. The number of methoxy groups -OCH3 is 1. The molecule has 0 fully saturated rings. The Morgan fingerprint density at radius 3 is 2.35 bits per heavy atom. The normalized spacial score (nSPS) is 11.1. The Morgan fingerprint density at radius 1 is 1.29 bits per heavy atom. The van der Waals surface area contributed by atoms with Crippen LogP contribution in [-0.4, -0.2) is 32.2 Å². The van der Waals surface area contributed by atoms with Crippen LogP contribution in [0.1, 0.15) is 24.2 Å². The van der Waals surface area contributed by atoms with Gasteiger partial charge in [-0.1, -0.05) is 0 Å². The molecule has 4 heteroatoms. The van der Waals surface area contributed by atoms with E-state index in [9.17, 15) is 4.79 Å². The minimum atomic E-state index is -0.368. The van der Waals surface area contributed by atoms with Crippen molar-refractivity contribution in [2.24, 2.45) is 0 Å². The fourth-order valence-corrected chi connectivity index (χ4v) is 1.56. The minimum Gasteiger partial charge on any atom is -0.388 e. The average molecular weight is 236 g/mol. The number of amides is 1. The Labute approximate surface area is 102 Å². The standard InChI is InChI=1S/C13H20N2O2/c1-13(2,9-17-4)15-12(16)10-5-7-11(14-3)8-6-10/h5-8,14H,9H2,1-4H3,(H,15,16). The van der Waals surface area contributed by atoms with Gasteiger partial charge >= 0.3 is 0 Å². The molecular formula is C13H20N2O2. The number of benzene rings is 1. The molecule has 0 aromatic heterocycles. The first kappa shape index (κ1) is 13.5. The predicted octanol–water partition coefficient (Wildman–Crippen LogP) is 1.88. The zero-order valence-corrected chi connectivity index (χ0v) is 10.8. The second-order valence-electron chi connectivity index (χ2n) is 4.60. The van der Waals surface area contributed by atoms with Crippen molar-refractivity contribution in [3.05, 3.63) is 29.8 Å². The van der Waals surface area contributed by atoms with Gasteiger partial charge < -0.3 is 15.4 Å². The molecule has 0 bridgehead atoms. The number of hydrogen-bond donors (Lipinski definition) is 2. The van der Waals surface area contributed by atoms with E-state index in [0.717, 1.165) is 5.69 Å². The monoisotopic (exact) mass is 236 g/mol. The molecular weight excluding hydrogens is 216 g/mol. The van der Waals surface area contributed by atoms with E-state index in [1.54, 1.807) is 19.2 Å². The van der Waals surface area contributed by atoms with Crippen LogP contribution in [0.15, 0.2) is 24.3 Å². The van der Waals surface area contributed by atoms with Crippen molar-refractivity contribution in [1.29, 1.82) is 0 Å². The van der Waals surface area contributed by atoms with Gasteiger partial charge in [-0.3, -0.25) is 4.79 Å². The molecule has 0 atom stereocenters. The van der Waals surface area contributed by atoms with Crippen LogP contribution in [-0.2, 0) is 4.74 Å². The number of carbonyl (C=O) groups excluding carboxylic acids is 1. The topological polar surface area (TPSA) is 50.4 Å². The molecule has 1 rings (SSSR count). The zero-order chi connectivity index (χ0) is 12.9. The van der Waals surface area contributed by atoms with Gasteiger partial charge in [0, 0.05) is 25.4 Å². The maximum absolute atomic E-state index is 11.9. The lowest BCUT2D eigenvalue weighted by atomic mass is 10.1. The van der Waals surface area contributed by atoms with Crippen molar-refractivity contribution in [3.63, 3.8) is 0 Å². The van der Waals surface area contributed by atoms with E-state index in [-0.39, 0.29) is 11.4 Å². The summed E-state index contributed by atoms with van der Waals surface area (Å²) >= 11 is 0. The molecule has 1 aromatic carbocycles. The summed E-state index contributed by atoms with van der Waals surface area (Å²) in [5.41, 5.74) is 1.26. The lowest BCUT2D eigenvalue weighted by Crippen LogP contribution is -2.46. The van der Waals surface area contributed by atoms with Crippen molar-refractivity contribution in [2.45, 2.75) is 19.4 Å². The Bertz CT molecular complexity index is 372. The van der Waals surface area contributed by atoms with Crippen LogP contribution in [0.25, 0.3) is 0 Å². The SMILES string of the molecule is CNc1ccc(C(=O)NC(C)(C)COC)cc1. The molecule has 0 aliphatic carbocycles. The summed E-state index contributed by atoms with van der Waals surface area (Å²) in [6, 6.07) is 7.34. The van der Waals surface area contributed by atoms with Crippen molar-refractivity contribution in [2.75, 3.05) is 26.1 Å². The Morgan fingerprint density at radius 2 is 1.88 bits per heavy atom. The second kappa shape index (κ2) is 5.68. The quantitative estimate of drug-likeness (QED) is 0.820. The summed E-state index contributed by atoms with van der Waals surface area (Å²) in [6.45, 7) is 4.33. The largest absolute Gasteiger partial charge is 0.388 e. The highest BCUT2D eigenvalue weighted by molar-refractivity contribution is 5.95. The Kier molecular flexibility index (Phi) is 4.52. The van der Waals surface area contributed by atoms with Gasteiger partial charge in [-0.15, -0.1) is 0 Å². The second-order valence-corrected chi connectivity index (χ2v) is 4.60. The summed E-state index contributed by atoms with van der Waals surface area (Å²) in [6.07, 6.45) is 0. The van der Waals surface area contributed by atoms with E-state index in [2.05, 4.69) is 10.6 Å². The van der Waals surface area contributed by atoms with Gasteiger partial charge in [-0.2, -0.15) is 0 Å². The molecule has 17 heavy (non-hydrogen) atoms. The molecule has 0 heterocycles. The van der Waals surface area contributed by atoms with Crippen molar-refractivity contribution in [3.8, 4) is 0 Å². The number of ether oxygens (including phenoxy) is 1. The lowest BCUT2D eigenvalue weighted by Gasteiger charge is -2.25. The number of carbonyl (C=O) groups is 1. The van der Waals surface area contributed by atoms with Gasteiger partial charge in [-0.25, -0.2) is 0 Å². The highest BCUT2D eigenvalue weighted by Gasteiger charge is 2.20. The maximum Gasteiger partial charge on any atom is 0.251 e. The van der Waals surface area contributed by atoms with Gasteiger partial charge in [-0.05, 0) is 38.1 Å². The fourth-order valence-electron chi connectivity index (χ4n) is 1.56. The van der Waals surface area contributed by atoms with Crippen molar-refractivity contribution in [1.82, 2.24) is 5.32 Å². The number of nitrogens with one attached hydrogen (secondary N) is 2. The third-order valence-electron chi connectivity index (χ3n) is 2.39. The first-order chi connectivity index (χ1) is 7.98.